The summed E-state index contributed by atoms with van der Waals surface area (Å²) in [6.45, 7) is 15.4. The van der Waals surface area contributed by atoms with Gasteiger partial charge in [0.25, 0.3) is 0 Å². The number of amides is 2. The number of nitrogens with one attached hydrogen (secondary N) is 2. The van der Waals surface area contributed by atoms with Gasteiger partial charge in [-0.3, -0.25) is 9.80 Å². The molecule has 4 atom stereocenters. The van der Waals surface area contributed by atoms with E-state index in [1.165, 1.54) is 0 Å². The molecule has 2 aliphatic heterocycles. The van der Waals surface area contributed by atoms with Crippen LogP contribution >= 0.6 is 0 Å². The van der Waals surface area contributed by atoms with Crippen LogP contribution in [0.2, 0.25) is 0 Å². The van der Waals surface area contributed by atoms with Crippen LogP contribution < -0.4 is 0 Å². The molecule has 4 aromatic rings. The number of rotatable bonds is 5. The van der Waals surface area contributed by atoms with Crippen LogP contribution in [0.25, 0.3) is 33.6 Å². The molecule has 4 heterocycles. The summed E-state index contributed by atoms with van der Waals surface area (Å²) in [5.41, 5.74) is 4.97. The number of ether oxygens (including phenoxy) is 2. The van der Waals surface area contributed by atoms with Crippen LogP contribution in [0, 0.1) is 0 Å². The fraction of sp³-hybridized carbons (Fsp3) is 0.474. The van der Waals surface area contributed by atoms with E-state index in [2.05, 4.69) is 82.3 Å². The highest BCUT2D eigenvalue weighted by atomic mass is 16.6. The van der Waals surface area contributed by atoms with Gasteiger partial charge < -0.3 is 19.4 Å². The van der Waals surface area contributed by atoms with Crippen LogP contribution in [-0.2, 0) is 9.47 Å². The molecule has 2 saturated heterocycles. The third-order valence-corrected chi connectivity index (χ3v) is 9.09. The molecule has 2 aromatic heterocycles. The number of imidazole rings is 2. The Kier molecular flexibility index (Phi) is 8.87. The van der Waals surface area contributed by atoms with Crippen molar-refractivity contribution in [1.82, 2.24) is 29.7 Å². The SMILES string of the molecule is C[C@H]1CC[C@@H](c2ncc(-c3ccc(-c4ccc(-c5cnc([C@@H]6CC[C@H](C)N6C(=O)OC(C)(C)C)[nH]5)cc4)cc3)[nH]2)N1C(=O)OC(C)(C)C. The summed E-state index contributed by atoms with van der Waals surface area (Å²) in [5.74, 6) is 1.56. The van der Waals surface area contributed by atoms with Crippen molar-refractivity contribution in [2.75, 3.05) is 0 Å². The standard InChI is InChI=1S/C38H48N6O4/c1-23-9-19-31(43(23)35(45)47-37(3,4)5)33-39-21-29(41-33)27-15-11-25(12-16-27)26-13-17-28(18-14-26)30-22-40-34(42-30)32-20-10-24(2)44(32)36(46)48-38(6,7)8/h11-18,21-24,31-32H,9-10,19-20H2,1-8H3,(H,39,41)(H,40,42)/t23-,24-,31-,32-/m0/s1. The van der Waals surface area contributed by atoms with Gasteiger partial charge in [0.2, 0.25) is 0 Å². The molecule has 10 heteroatoms. The zero-order valence-corrected chi connectivity index (χ0v) is 29.3. The zero-order valence-electron chi connectivity index (χ0n) is 29.3. The average molecular weight is 653 g/mol. The minimum absolute atomic E-state index is 0.0880. The van der Waals surface area contributed by atoms with Crippen LogP contribution in [0.5, 0.6) is 0 Å². The number of aromatic nitrogens is 4. The summed E-state index contributed by atoms with van der Waals surface area (Å²) in [6, 6.07) is 16.7. The van der Waals surface area contributed by atoms with Crippen molar-refractivity contribution in [1.29, 1.82) is 0 Å². The minimum atomic E-state index is -0.552. The normalized spacial score (nSPS) is 21.5. The van der Waals surface area contributed by atoms with Gasteiger partial charge in [0.15, 0.2) is 0 Å². The second-order valence-corrected chi connectivity index (χ2v) is 15.2. The van der Waals surface area contributed by atoms with Gasteiger partial charge in [-0.1, -0.05) is 48.5 Å². The number of benzene rings is 2. The van der Waals surface area contributed by atoms with E-state index in [-0.39, 0.29) is 36.4 Å². The number of nitrogens with zero attached hydrogens (tertiary/aromatic N) is 4. The molecule has 10 nitrogen and oxygen atoms in total. The second kappa shape index (κ2) is 12.8. The van der Waals surface area contributed by atoms with Crippen molar-refractivity contribution in [2.45, 2.75) is 116 Å². The maximum Gasteiger partial charge on any atom is 0.411 e. The third kappa shape index (κ3) is 7.12. The van der Waals surface area contributed by atoms with Crippen LogP contribution in [-0.4, -0.2) is 65.2 Å². The van der Waals surface area contributed by atoms with Crippen LogP contribution in [0.15, 0.2) is 60.9 Å². The smallest absolute Gasteiger partial charge is 0.411 e. The molecule has 48 heavy (non-hydrogen) atoms. The number of aromatic amines is 2. The Balaban J connectivity index is 1.12. The van der Waals surface area contributed by atoms with Gasteiger partial charge in [0.05, 0.1) is 35.9 Å². The summed E-state index contributed by atoms with van der Waals surface area (Å²) in [4.78, 5) is 45.9. The van der Waals surface area contributed by atoms with Gasteiger partial charge in [0.1, 0.15) is 22.9 Å². The van der Waals surface area contributed by atoms with Crippen molar-refractivity contribution < 1.29 is 19.1 Å². The number of hydrogen-bond acceptors (Lipinski definition) is 6. The Bertz CT molecular complexity index is 1620. The van der Waals surface area contributed by atoms with Crippen molar-refractivity contribution in [2.24, 2.45) is 0 Å². The summed E-state index contributed by atoms with van der Waals surface area (Å²) in [5, 5.41) is 0. The molecule has 0 radical (unpaired) electrons. The maximum atomic E-state index is 13.0. The number of carbonyl (C=O) groups is 2. The lowest BCUT2D eigenvalue weighted by Crippen LogP contribution is -2.40. The van der Waals surface area contributed by atoms with Gasteiger partial charge >= 0.3 is 12.2 Å². The summed E-state index contributed by atoms with van der Waals surface area (Å²) >= 11 is 0. The molecule has 6 rings (SSSR count). The summed E-state index contributed by atoms with van der Waals surface area (Å²) < 4.78 is 11.4. The monoisotopic (exact) mass is 652 g/mol. The van der Waals surface area contributed by atoms with E-state index < -0.39 is 11.2 Å². The number of hydrogen-bond donors (Lipinski definition) is 2. The zero-order chi connectivity index (χ0) is 34.4. The predicted octanol–water partition coefficient (Wildman–Crippen LogP) is 9.05. The molecule has 0 unspecified atom stereocenters. The lowest BCUT2D eigenvalue weighted by Gasteiger charge is -2.30. The van der Waals surface area contributed by atoms with Gasteiger partial charge in [-0.05, 0) is 103 Å². The van der Waals surface area contributed by atoms with Crippen LogP contribution in [0.4, 0.5) is 9.59 Å². The first-order valence-corrected chi connectivity index (χ1v) is 17.0. The van der Waals surface area contributed by atoms with Gasteiger partial charge in [0, 0.05) is 12.1 Å². The van der Waals surface area contributed by atoms with E-state index in [4.69, 9.17) is 9.47 Å². The molecule has 254 valence electrons. The highest BCUT2D eigenvalue weighted by Crippen LogP contribution is 2.38. The van der Waals surface area contributed by atoms with E-state index in [9.17, 15) is 9.59 Å². The molecule has 0 bridgehead atoms. The van der Waals surface area contributed by atoms with Crippen LogP contribution in [0.3, 0.4) is 0 Å². The quantitative estimate of drug-likeness (QED) is 0.222. The number of likely N-dealkylation sites (tertiary alicyclic amines) is 2. The first kappa shape index (κ1) is 33.3. The average Bonchev–Trinajstić information content (AvgIpc) is 3.82. The van der Waals surface area contributed by atoms with Gasteiger partial charge in [-0.15, -0.1) is 0 Å². The van der Waals surface area contributed by atoms with Crippen molar-refractivity contribution in [3.05, 3.63) is 72.6 Å². The van der Waals surface area contributed by atoms with Crippen molar-refractivity contribution in [3.8, 4) is 33.6 Å². The Morgan fingerprint density at radius 2 is 0.938 bits per heavy atom. The van der Waals surface area contributed by atoms with E-state index >= 15 is 0 Å². The van der Waals surface area contributed by atoms with Crippen molar-refractivity contribution in [3.63, 3.8) is 0 Å². The third-order valence-electron chi connectivity index (χ3n) is 9.09. The molecule has 2 aliphatic rings. The minimum Gasteiger partial charge on any atom is -0.444 e. The predicted molar refractivity (Wildman–Crippen MR) is 186 cm³/mol. The van der Waals surface area contributed by atoms with E-state index in [1.54, 1.807) is 0 Å². The first-order valence-electron chi connectivity index (χ1n) is 17.0. The van der Waals surface area contributed by atoms with Gasteiger partial charge in [-0.2, -0.15) is 0 Å². The molecular weight excluding hydrogens is 604 g/mol. The molecular formula is C38H48N6O4. The van der Waals surface area contributed by atoms with E-state index in [1.807, 2.05) is 63.7 Å². The highest BCUT2D eigenvalue weighted by molar-refractivity contribution is 5.72. The first-order chi connectivity index (χ1) is 22.7. The van der Waals surface area contributed by atoms with Gasteiger partial charge in [-0.25, -0.2) is 19.6 Å². The number of H-pyrrole nitrogens is 2. The Labute approximate surface area is 283 Å². The maximum absolute atomic E-state index is 13.0. The summed E-state index contributed by atoms with van der Waals surface area (Å²) in [7, 11) is 0. The molecule has 0 aliphatic carbocycles. The van der Waals surface area contributed by atoms with Crippen LogP contribution in [0.1, 0.15) is 105 Å². The second-order valence-electron chi connectivity index (χ2n) is 15.2. The Morgan fingerprint density at radius 3 is 1.27 bits per heavy atom. The lowest BCUT2D eigenvalue weighted by molar-refractivity contribution is 0.0141. The largest absolute Gasteiger partial charge is 0.444 e. The fourth-order valence-corrected chi connectivity index (χ4v) is 6.74. The summed E-state index contributed by atoms with van der Waals surface area (Å²) in [6.07, 6.45) is 6.57. The van der Waals surface area contributed by atoms with E-state index in [0.717, 1.165) is 71.0 Å². The lowest BCUT2D eigenvalue weighted by atomic mass is 10.0. The molecule has 0 saturated carbocycles. The molecule has 2 N–H and O–H groups in total. The molecule has 2 amide bonds. The highest BCUT2D eigenvalue weighted by Gasteiger charge is 2.40. The topological polar surface area (TPSA) is 116 Å². The number of carbonyl (C=O) groups excluding carboxylic acids is 2. The van der Waals surface area contributed by atoms with Crippen molar-refractivity contribution >= 4 is 12.2 Å². The Morgan fingerprint density at radius 1 is 0.604 bits per heavy atom. The molecule has 2 fully saturated rings. The van der Waals surface area contributed by atoms with E-state index in [0.29, 0.717) is 0 Å². The molecule has 2 aromatic carbocycles. The fourth-order valence-electron chi connectivity index (χ4n) is 6.74. The molecule has 0 spiro atoms. The Hall–Kier alpha value is -4.60.